The van der Waals surface area contributed by atoms with Crippen LogP contribution in [0.3, 0.4) is 0 Å². The molecule has 3 N–H and O–H groups in total. The second kappa shape index (κ2) is 6.01. The van der Waals surface area contributed by atoms with Crippen molar-refractivity contribution in [3.8, 4) is 0 Å². The van der Waals surface area contributed by atoms with E-state index in [4.69, 9.17) is 5.11 Å². The SMILES string of the molecule is CN(C)c1cccc(NC(=O)N2C[C@@H](O)C[C@H]2C(=O)O)c1. The van der Waals surface area contributed by atoms with Gasteiger partial charge in [-0.25, -0.2) is 9.59 Å². The van der Waals surface area contributed by atoms with Crippen LogP contribution in [0.5, 0.6) is 0 Å². The molecule has 1 aliphatic rings. The van der Waals surface area contributed by atoms with Gasteiger partial charge in [0.25, 0.3) is 0 Å². The van der Waals surface area contributed by atoms with Crippen molar-refractivity contribution in [1.82, 2.24) is 4.90 Å². The van der Waals surface area contributed by atoms with Gasteiger partial charge in [-0.2, -0.15) is 0 Å². The molecule has 0 unspecified atom stereocenters. The third-order valence-electron chi connectivity index (χ3n) is 3.44. The Morgan fingerprint density at radius 3 is 2.71 bits per heavy atom. The number of nitrogens with zero attached hydrogens (tertiary/aromatic N) is 2. The molecule has 7 nitrogen and oxygen atoms in total. The highest BCUT2D eigenvalue weighted by Crippen LogP contribution is 2.21. The molecule has 2 amide bonds. The number of β-amino-alcohol motifs (C(OH)–C–C–N with tert-alkyl or cyclic N) is 1. The van der Waals surface area contributed by atoms with E-state index in [0.717, 1.165) is 10.6 Å². The molecule has 114 valence electrons. The summed E-state index contributed by atoms with van der Waals surface area (Å²) < 4.78 is 0. The number of hydrogen-bond acceptors (Lipinski definition) is 4. The number of urea groups is 1. The zero-order valence-electron chi connectivity index (χ0n) is 12.0. The standard InChI is InChI=1S/C14H19N3O4/c1-16(2)10-5-3-4-9(6-10)15-14(21)17-8-11(18)7-12(17)13(19)20/h3-6,11-12,18H,7-8H2,1-2H3,(H,15,21)(H,19,20)/t11-,12-/m0/s1. The molecular formula is C14H19N3O4. The average Bonchev–Trinajstić information content (AvgIpc) is 2.81. The molecule has 1 aromatic carbocycles. The first-order valence-electron chi connectivity index (χ1n) is 6.64. The summed E-state index contributed by atoms with van der Waals surface area (Å²) in [5.74, 6) is -1.11. The van der Waals surface area contributed by atoms with Crippen molar-refractivity contribution in [3.63, 3.8) is 0 Å². The predicted octanol–water partition coefficient (Wildman–Crippen LogP) is 0.804. The summed E-state index contributed by atoms with van der Waals surface area (Å²) in [6, 6.07) is 5.72. The van der Waals surface area contributed by atoms with Crippen LogP contribution >= 0.6 is 0 Å². The maximum atomic E-state index is 12.2. The van der Waals surface area contributed by atoms with Crippen molar-refractivity contribution in [2.45, 2.75) is 18.6 Å². The van der Waals surface area contributed by atoms with Gasteiger partial charge in [0, 0.05) is 38.4 Å². The number of benzene rings is 1. The van der Waals surface area contributed by atoms with E-state index in [2.05, 4.69) is 5.32 Å². The first kappa shape index (κ1) is 15.1. The molecule has 2 rings (SSSR count). The van der Waals surface area contributed by atoms with Gasteiger partial charge in [-0.1, -0.05) is 6.07 Å². The lowest BCUT2D eigenvalue weighted by molar-refractivity contribution is -0.141. The Balaban J connectivity index is 2.10. The zero-order valence-corrected chi connectivity index (χ0v) is 12.0. The van der Waals surface area contributed by atoms with E-state index >= 15 is 0 Å². The van der Waals surface area contributed by atoms with Crippen LogP contribution in [-0.4, -0.2) is 59.9 Å². The summed E-state index contributed by atoms with van der Waals surface area (Å²) in [4.78, 5) is 26.3. The number of carbonyl (C=O) groups excluding carboxylic acids is 1. The number of aliphatic hydroxyl groups is 1. The van der Waals surface area contributed by atoms with Gasteiger partial charge in [0.15, 0.2) is 0 Å². The second-order valence-corrected chi connectivity index (χ2v) is 5.27. The fraction of sp³-hybridized carbons (Fsp3) is 0.429. The summed E-state index contributed by atoms with van der Waals surface area (Å²) in [5, 5.41) is 21.3. The smallest absolute Gasteiger partial charge is 0.326 e. The Labute approximate surface area is 122 Å². The van der Waals surface area contributed by atoms with Crippen LogP contribution in [0.25, 0.3) is 0 Å². The normalized spacial score (nSPS) is 21.2. The Morgan fingerprint density at radius 2 is 2.10 bits per heavy atom. The van der Waals surface area contributed by atoms with Gasteiger partial charge in [-0.3, -0.25) is 0 Å². The summed E-state index contributed by atoms with van der Waals surface area (Å²) in [6.45, 7) is 0.0240. The van der Waals surface area contributed by atoms with Gasteiger partial charge in [-0.15, -0.1) is 0 Å². The van der Waals surface area contributed by atoms with Crippen LogP contribution in [0.2, 0.25) is 0 Å². The molecule has 1 aromatic rings. The average molecular weight is 293 g/mol. The van der Waals surface area contributed by atoms with Gasteiger partial charge in [0.1, 0.15) is 6.04 Å². The molecule has 7 heteroatoms. The lowest BCUT2D eigenvalue weighted by atomic mass is 10.2. The Bertz CT molecular complexity index is 547. The molecule has 2 atom stereocenters. The van der Waals surface area contributed by atoms with Crippen LogP contribution in [-0.2, 0) is 4.79 Å². The van der Waals surface area contributed by atoms with Crippen LogP contribution in [0.15, 0.2) is 24.3 Å². The van der Waals surface area contributed by atoms with E-state index in [0.29, 0.717) is 5.69 Å². The van der Waals surface area contributed by atoms with Gasteiger partial charge in [-0.05, 0) is 18.2 Å². The number of rotatable bonds is 3. The second-order valence-electron chi connectivity index (χ2n) is 5.27. The summed E-state index contributed by atoms with van der Waals surface area (Å²) >= 11 is 0. The molecule has 21 heavy (non-hydrogen) atoms. The number of anilines is 2. The van der Waals surface area contributed by atoms with Crippen molar-refractivity contribution in [2.24, 2.45) is 0 Å². The van der Waals surface area contributed by atoms with E-state index < -0.39 is 24.1 Å². The van der Waals surface area contributed by atoms with Crippen LogP contribution in [0.4, 0.5) is 16.2 Å². The number of nitrogens with one attached hydrogen (secondary N) is 1. The molecule has 0 bridgehead atoms. The molecule has 0 saturated carbocycles. The highest BCUT2D eigenvalue weighted by molar-refractivity contribution is 5.93. The molecular weight excluding hydrogens is 274 g/mol. The first-order valence-corrected chi connectivity index (χ1v) is 6.64. The van der Waals surface area contributed by atoms with Crippen molar-refractivity contribution >= 4 is 23.4 Å². The summed E-state index contributed by atoms with van der Waals surface area (Å²) in [5.41, 5.74) is 1.50. The van der Waals surface area contributed by atoms with Crippen molar-refractivity contribution in [2.75, 3.05) is 30.9 Å². The largest absolute Gasteiger partial charge is 0.480 e. The third-order valence-corrected chi connectivity index (χ3v) is 3.44. The van der Waals surface area contributed by atoms with E-state index in [9.17, 15) is 14.7 Å². The van der Waals surface area contributed by atoms with E-state index in [1.54, 1.807) is 18.2 Å². The van der Waals surface area contributed by atoms with Crippen molar-refractivity contribution in [3.05, 3.63) is 24.3 Å². The monoisotopic (exact) mass is 293 g/mol. The van der Waals surface area contributed by atoms with Crippen LogP contribution in [0.1, 0.15) is 6.42 Å². The maximum Gasteiger partial charge on any atom is 0.326 e. The third kappa shape index (κ3) is 3.43. The van der Waals surface area contributed by atoms with E-state index in [1.807, 2.05) is 25.1 Å². The van der Waals surface area contributed by atoms with Gasteiger partial charge < -0.3 is 25.3 Å². The van der Waals surface area contributed by atoms with Crippen LogP contribution < -0.4 is 10.2 Å². The Hall–Kier alpha value is -2.28. The predicted molar refractivity (Wildman–Crippen MR) is 78.5 cm³/mol. The van der Waals surface area contributed by atoms with Gasteiger partial charge in [0.05, 0.1) is 6.10 Å². The number of carboxylic acids is 1. The molecule has 1 aliphatic heterocycles. The number of aliphatic carboxylic acids is 1. The number of aliphatic hydroxyl groups excluding tert-OH is 1. The van der Waals surface area contributed by atoms with E-state index in [-0.39, 0.29) is 13.0 Å². The fourth-order valence-electron chi connectivity index (χ4n) is 2.33. The zero-order chi connectivity index (χ0) is 15.6. The number of likely N-dealkylation sites (tertiary alicyclic amines) is 1. The van der Waals surface area contributed by atoms with Crippen molar-refractivity contribution < 1.29 is 19.8 Å². The fourth-order valence-corrected chi connectivity index (χ4v) is 2.33. The number of carboxylic acid groups (broad SMARTS) is 1. The number of hydrogen-bond donors (Lipinski definition) is 3. The molecule has 0 aromatic heterocycles. The molecule has 0 aliphatic carbocycles. The summed E-state index contributed by atoms with van der Waals surface area (Å²) in [7, 11) is 3.77. The highest BCUT2D eigenvalue weighted by atomic mass is 16.4. The number of amides is 2. The Morgan fingerprint density at radius 1 is 1.38 bits per heavy atom. The molecule has 1 fully saturated rings. The molecule has 1 saturated heterocycles. The van der Waals surface area contributed by atoms with Gasteiger partial charge in [0.2, 0.25) is 0 Å². The minimum Gasteiger partial charge on any atom is -0.480 e. The lowest BCUT2D eigenvalue weighted by Crippen LogP contribution is -2.43. The van der Waals surface area contributed by atoms with E-state index in [1.165, 1.54) is 0 Å². The Kier molecular flexibility index (Phi) is 4.32. The maximum absolute atomic E-state index is 12.2. The van der Waals surface area contributed by atoms with Crippen molar-refractivity contribution in [1.29, 1.82) is 0 Å². The van der Waals surface area contributed by atoms with Gasteiger partial charge >= 0.3 is 12.0 Å². The molecule has 1 heterocycles. The topological polar surface area (TPSA) is 93.1 Å². The quantitative estimate of drug-likeness (QED) is 0.766. The minimum atomic E-state index is -1.11. The van der Waals surface area contributed by atoms with Crippen LogP contribution in [0, 0.1) is 0 Å². The minimum absolute atomic E-state index is 0.0240. The number of carbonyl (C=O) groups is 2. The first-order chi connectivity index (χ1) is 9.88. The highest BCUT2D eigenvalue weighted by Gasteiger charge is 2.38. The summed E-state index contributed by atoms with van der Waals surface area (Å²) in [6.07, 6.45) is -0.745. The molecule has 0 radical (unpaired) electrons. The lowest BCUT2D eigenvalue weighted by Gasteiger charge is -2.22. The molecule has 0 spiro atoms.